The molecule has 0 bridgehead atoms. The number of amides is 1. The number of nitrogens with one attached hydrogen (secondary N) is 1. The van der Waals surface area contributed by atoms with Gasteiger partial charge in [0.05, 0.1) is 17.4 Å². The maximum absolute atomic E-state index is 12.4. The van der Waals surface area contributed by atoms with E-state index in [1.807, 2.05) is 0 Å². The summed E-state index contributed by atoms with van der Waals surface area (Å²) in [5, 5.41) is 11.5. The minimum absolute atomic E-state index is 0.0238. The Morgan fingerprint density at radius 1 is 1.56 bits per heavy atom. The number of benzene rings is 1. The second-order valence-corrected chi connectivity index (χ2v) is 8.14. The monoisotopic (exact) mass is 407 g/mol. The number of carbonyl (C=O) groups is 1. The Kier molecular flexibility index (Phi) is 5.87. The Balaban J connectivity index is 2.43. The SMILES string of the molecule is CCOC(=O)NS(=O)(=O)c1cc(C2(O)CSC(=NC)N2C)ccc1Cl. The molecule has 0 saturated carbocycles. The van der Waals surface area contributed by atoms with Crippen molar-refractivity contribution in [3.63, 3.8) is 0 Å². The summed E-state index contributed by atoms with van der Waals surface area (Å²) in [5.74, 6) is 0.266. The highest BCUT2D eigenvalue weighted by Crippen LogP contribution is 2.39. The van der Waals surface area contributed by atoms with Gasteiger partial charge in [-0.1, -0.05) is 29.4 Å². The normalized spacial score (nSPS) is 22.3. The van der Waals surface area contributed by atoms with E-state index in [1.165, 1.54) is 30.0 Å². The molecular weight excluding hydrogens is 390 g/mol. The van der Waals surface area contributed by atoms with Crippen LogP contribution in [0.15, 0.2) is 28.1 Å². The first-order chi connectivity index (χ1) is 11.7. The summed E-state index contributed by atoms with van der Waals surface area (Å²) < 4.78 is 31.1. The number of aliphatic imine (C=N–C) groups is 1. The quantitative estimate of drug-likeness (QED) is 0.779. The van der Waals surface area contributed by atoms with Crippen LogP contribution in [0.2, 0.25) is 5.02 Å². The molecule has 11 heteroatoms. The van der Waals surface area contributed by atoms with Crippen LogP contribution in [0.4, 0.5) is 4.79 Å². The molecule has 0 aliphatic carbocycles. The third-order valence-corrected chi connectivity index (χ3v) is 6.67. The van der Waals surface area contributed by atoms with Crippen molar-refractivity contribution in [1.29, 1.82) is 0 Å². The summed E-state index contributed by atoms with van der Waals surface area (Å²) in [5.41, 5.74) is -1.13. The van der Waals surface area contributed by atoms with Gasteiger partial charge in [0.25, 0.3) is 10.0 Å². The lowest BCUT2D eigenvalue weighted by Crippen LogP contribution is -2.42. The van der Waals surface area contributed by atoms with Crippen molar-refractivity contribution in [2.75, 3.05) is 26.5 Å². The fourth-order valence-corrected chi connectivity index (χ4v) is 4.87. The average Bonchev–Trinajstić information content (AvgIpc) is 2.83. The van der Waals surface area contributed by atoms with Crippen molar-refractivity contribution >= 4 is 44.6 Å². The molecule has 8 nitrogen and oxygen atoms in total. The van der Waals surface area contributed by atoms with Crippen molar-refractivity contribution in [2.24, 2.45) is 4.99 Å². The van der Waals surface area contributed by atoms with Gasteiger partial charge in [0.2, 0.25) is 0 Å². The van der Waals surface area contributed by atoms with E-state index < -0.39 is 21.8 Å². The summed E-state index contributed by atoms with van der Waals surface area (Å²) >= 11 is 7.33. The van der Waals surface area contributed by atoms with Crippen molar-refractivity contribution in [3.05, 3.63) is 28.8 Å². The number of carbonyl (C=O) groups excluding carboxylic acids is 1. The molecule has 1 aliphatic rings. The molecule has 1 aromatic rings. The molecule has 2 N–H and O–H groups in total. The van der Waals surface area contributed by atoms with Crippen LogP contribution in [0.1, 0.15) is 12.5 Å². The van der Waals surface area contributed by atoms with E-state index in [0.717, 1.165) is 0 Å². The van der Waals surface area contributed by atoms with E-state index in [2.05, 4.69) is 9.73 Å². The Hall–Kier alpha value is -1.49. The van der Waals surface area contributed by atoms with E-state index >= 15 is 0 Å². The van der Waals surface area contributed by atoms with Crippen LogP contribution in [-0.2, 0) is 20.5 Å². The predicted octanol–water partition coefficient (Wildman–Crippen LogP) is 1.58. The van der Waals surface area contributed by atoms with Gasteiger partial charge in [-0.3, -0.25) is 4.99 Å². The van der Waals surface area contributed by atoms with Crippen LogP contribution in [0, 0.1) is 0 Å². The van der Waals surface area contributed by atoms with Crippen molar-refractivity contribution in [2.45, 2.75) is 17.5 Å². The van der Waals surface area contributed by atoms with Gasteiger partial charge in [-0.05, 0) is 19.1 Å². The maximum atomic E-state index is 12.4. The third-order valence-electron chi connectivity index (χ3n) is 3.61. The number of hydrogen-bond donors (Lipinski definition) is 2. The largest absolute Gasteiger partial charge is 0.449 e. The molecule has 25 heavy (non-hydrogen) atoms. The van der Waals surface area contributed by atoms with Gasteiger partial charge in [0, 0.05) is 19.7 Å². The van der Waals surface area contributed by atoms with Crippen LogP contribution >= 0.6 is 23.4 Å². The predicted molar refractivity (Wildman–Crippen MR) is 96.3 cm³/mol. The number of nitrogens with zero attached hydrogens (tertiary/aromatic N) is 2. The van der Waals surface area contributed by atoms with E-state index in [0.29, 0.717) is 10.7 Å². The van der Waals surface area contributed by atoms with Crippen LogP contribution in [0.25, 0.3) is 0 Å². The topological polar surface area (TPSA) is 108 Å². The van der Waals surface area contributed by atoms with Crippen molar-refractivity contribution in [3.8, 4) is 0 Å². The molecule has 1 fully saturated rings. The minimum atomic E-state index is -4.25. The lowest BCUT2D eigenvalue weighted by atomic mass is 10.0. The highest BCUT2D eigenvalue weighted by atomic mass is 35.5. The third kappa shape index (κ3) is 3.86. The molecule has 0 aromatic heterocycles. The molecule has 1 aromatic carbocycles. The van der Waals surface area contributed by atoms with E-state index in [9.17, 15) is 18.3 Å². The van der Waals surface area contributed by atoms with E-state index in [1.54, 1.807) is 30.6 Å². The fraction of sp³-hybridized carbons (Fsp3) is 0.429. The Bertz CT molecular complexity index is 815. The van der Waals surface area contributed by atoms with Crippen LogP contribution in [-0.4, -0.2) is 56.1 Å². The zero-order chi connectivity index (χ0) is 18.8. The number of amidine groups is 1. The number of thioether (sulfide) groups is 1. The molecule has 1 amide bonds. The molecule has 2 rings (SSSR count). The highest BCUT2D eigenvalue weighted by Gasteiger charge is 2.43. The van der Waals surface area contributed by atoms with Crippen LogP contribution in [0.3, 0.4) is 0 Å². The average molecular weight is 408 g/mol. The summed E-state index contributed by atoms with van der Waals surface area (Å²) in [7, 11) is -0.993. The fourth-order valence-electron chi connectivity index (χ4n) is 2.29. The minimum Gasteiger partial charge on any atom is -0.449 e. The first-order valence-corrected chi connectivity index (χ1v) is 10.1. The van der Waals surface area contributed by atoms with Gasteiger partial charge in [-0.15, -0.1) is 0 Å². The smallest absolute Gasteiger partial charge is 0.421 e. The molecular formula is C14H18ClN3O5S2. The highest BCUT2D eigenvalue weighted by molar-refractivity contribution is 8.14. The first kappa shape index (κ1) is 19.8. The molecule has 1 unspecified atom stereocenters. The number of sulfonamides is 1. The number of aliphatic hydroxyl groups is 1. The molecule has 1 aliphatic heterocycles. The summed E-state index contributed by atoms with van der Waals surface area (Å²) in [6.07, 6.45) is -1.10. The second-order valence-electron chi connectivity index (χ2n) is 5.14. The zero-order valence-electron chi connectivity index (χ0n) is 13.8. The van der Waals surface area contributed by atoms with Gasteiger partial charge in [0.1, 0.15) is 4.90 Å². The van der Waals surface area contributed by atoms with E-state index in [-0.39, 0.29) is 22.3 Å². The molecule has 1 saturated heterocycles. The zero-order valence-corrected chi connectivity index (χ0v) is 16.2. The molecule has 138 valence electrons. The Morgan fingerprint density at radius 3 is 2.80 bits per heavy atom. The summed E-state index contributed by atoms with van der Waals surface area (Å²) in [4.78, 5) is 16.7. The van der Waals surface area contributed by atoms with Gasteiger partial charge < -0.3 is 14.7 Å². The second kappa shape index (κ2) is 7.40. The summed E-state index contributed by atoms with van der Waals surface area (Å²) in [6.45, 7) is 1.58. The lowest BCUT2D eigenvalue weighted by molar-refractivity contribution is -0.0349. The van der Waals surface area contributed by atoms with Gasteiger partial charge >= 0.3 is 6.09 Å². The molecule has 1 heterocycles. The Morgan fingerprint density at radius 2 is 2.24 bits per heavy atom. The van der Waals surface area contributed by atoms with Crippen molar-refractivity contribution in [1.82, 2.24) is 9.62 Å². The maximum Gasteiger partial charge on any atom is 0.421 e. The molecule has 0 radical (unpaired) electrons. The van der Waals surface area contributed by atoms with Gasteiger partial charge in [-0.25, -0.2) is 17.9 Å². The van der Waals surface area contributed by atoms with Crippen LogP contribution in [0.5, 0.6) is 0 Å². The standard InChI is InChI=1S/C14H18ClN3O5S2/c1-4-23-13(19)17-25(21,22)11-7-9(5-6-10(11)15)14(20)8-24-12(16-2)18(14)3/h5-7,20H,4,8H2,1-3H3,(H,17,19). The van der Waals surface area contributed by atoms with Crippen LogP contribution < -0.4 is 4.72 Å². The Labute approximate surface area is 155 Å². The first-order valence-electron chi connectivity index (χ1n) is 7.21. The molecule has 1 atom stereocenters. The molecule has 0 spiro atoms. The lowest BCUT2D eigenvalue weighted by Gasteiger charge is -2.31. The summed E-state index contributed by atoms with van der Waals surface area (Å²) in [6, 6.07) is 4.12. The number of rotatable bonds is 4. The van der Waals surface area contributed by atoms with Crippen molar-refractivity contribution < 1.29 is 23.1 Å². The van der Waals surface area contributed by atoms with E-state index in [4.69, 9.17) is 11.6 Å². The number of ether oxygens (including phenoxy) is 1. The number of halogens is 1. The van der Waals surface area contributed by atoms with Gasteiger partial charge in [-0.2, -0.15) is 0 Å². The van der Waals surface area contributed by atoms with Gasteiger partial charge in [0.15, 0.2) is 10.9 Å². The number of hydrogen-bond acceptors (Lipinski definition) is 7.